The summed E-state index contributed by atoms with van der Waals surface area (Å²) in [5.41, 5.74) is 1.01. The lowest BCUT2D eigenvalue weighted by molar-refractivity contribution is -0.114. The van der Waals surface area contributed by atoms with Crippen LogP contribution < -0.4 is 5.32 Å². The van der Waals surface area contributed by atoms with Gasteiger partial charge in [0.15, 0.2) is 4.34 Å². The van der Waals surface area contributed by atoms with Crippen LogP contribution in [0.3, 0.4) is 0 Å². The van der Waals surface area contributed by atoms with Crippen molar-refractivity contribution >= 4 is 40.1 Å². The summed E-state index contributed by atoms with van der Waals surface area (Å²) in [6, 6.07) is 6.83. The van der Waals surface area contributed by atoms with E-state index in [2.05, 4.69) is 15.5 Å². The number of aromatic carboxylic acids is 1. The van der Waals surface area contributed by atoms with Crippen LogP contribution in [0, 0.1) is 0 Å². The highest BCUT2D eigenvalue weighted by Crippen LogP contribution is 2.29. The third-order valence-corrected chi connectivity index (χ3v) is 4.31. The molecule has 0 aliphatic carbocycles. The van der Waals surface area contributed by atoms with Gasteiger partial charge in [0, 0.05) is 12.7 Å². The Kier molecular flexibility index (Phi) is 4.70. The second kappa shape index (κ2) is 6.49. The molecule has 1 amide bonds. The van der Waals surface area contributed by atoms with Gasteiger partial charge >= 0.3 is 5.97 Å². The van der Waals surface area contributed by atoms with Gasteiger partial charge in [0.05, 0.1) is 5.56 Å². The lowest BCUT2D eigenvalue weighted by atomic mass is 10.1. The molecule has 20 heavy (non-hydrogen) atoms. The van der Waals surface area contributed by atoms with Gasteiger partial charge in [-0.2, -0.15) is 0 Å². The van der Waals surface area contributed by atoms with Crippen molar-refractivity contribution in [2.75, 3.05) is 5.32 Å². The Bertz CT molecular complexity index is 642. The van der Waals surface area contributed by atoms with E-state index in [1.165, 1.54) is 30.0 Å². The zero-order valence-corrected chi connectivity index (χ0v) is 12.1. The van der Waals surface area contributed by atoms with Gasteiger partial charge in [-0.25, -0.2) is 4.79 Å². The first-order chi connectivity index (χ1) is 9.56. The second-order valence-electron chi connectivity index (χ2n) is 3.81. The second-order valence-corrected chi connectivity index (χ2v) is 6.01. The highest BCUT2D eigenvalue weighted by molar-refractivity contribution is 8.00. The molecule has 8 heteroatoms. The molecule has 0 spiro atoms. The smallest absolute Gasteiger partial charge is 0.335 e. The first kappa shape index (κ1) is 14.5. The Labute approximate surface area is 123 Å². The molecule has 0 fully saturated rings. The molecule has 0 radical (unpaired) electrons. The standard InChI is InChI=1S/C12H11N3O3S2/c1-7(16)13-11-14-15-12(20-11)19-6-8-4-2-3-5-9(8)10(17)18/h2-5H,6H2,1H3,(H,17,18)(H,13,14,16). The molecule has 1 aromatic heterocycles. The number of rotatable bonds is 5. The molecule has 2 rings (SSSR count). The van der Waals surface area contributed by atoms with Crippen molar-refractivity contribution in [3.05, 3.63) is 35.4 Å². The van der Waals surface area contributed by atoms with E-state index in [0.717, 1.165) is 5.56 Å². The van der Waals surface area contributed by atoms with Crippen molar-refractivity contribution in [2.24, 2.45) is 0 Å². The summed E-state index contributed by atoms with van der Waals surface area (Å²) in [4.78, 5) is 22.0. The van der Waals surface area contributed by atoms with Gasteiger partial charge in [0.25, 0.3) is 0 Å². The van der Waals surface area contributed by atoms with Crippen LogP contribution in [-0.4, -0.2) is 27.2 Å². The largest absolute Gasteiger partial charge is 0.478 e. The number of carbonyl (C=O) groups is 2. The maximum Gasteiger partial charge on any atom is 0.335 e. The van der Waals surface area contributed by atoms with E-state index in [4.69, 9.17) is 5.11 Å². The molecular weight excluding hydrogens is 298 g/mol. The molecule has 0 unspecified atom stereocenters. The molecule has 0 saturated carbocycles. The summed E-state index contributed by atoms with van der Waals surface area (Å²) in [6.07, 6.45) is 0. The molecule has 1 aromatic carbocycles. The fourth-order valence-corrected chi connectivity index (χ4v) is 3.27. The van der Waals surface area contributed by atoms with Crippen LogP contribution in [0.1, 0.15) is 22.8 Å². The van der Waals surface area contributed by atoms with Crippen LogP contribution in [0.2, 0.25) is 0 Å². The first-order valence-electron chi connectivity index (χ1n) is 5.61. The number of carbonyl (C=O) groups excluding carboxylic acids is 1. The predicted molar refractivity (Wildman–Crippen MR) is 77.2 cm³/mol. The molecule has 2 aromatic rings. The average molecular weight is 309 g/mol. The minimum atomic E-state index is -0.947. The maximum atomic E-state index is 11.1. The van der Waals surface area contributed by atoms with Crippen molar-refractivity contribution in [3.8, 4) is 0 Å². The van der Waals surface area contributed by atoms with Crippen LogP contribution in [0.25, 0.3) is 0 Å². The number of anilines is 1. The number of aromatic nitrogens is 2. The number of nitrogens with zero attached hydrogens (tertiary/aromatic N) is 2. The van der Waals surface area contributed by atoms with E-state index in [0.29, 0.717) is 15.2 Å². The Balaban J connectivity index is 2.04. The topological polar surface area (TPSA) is 92.2 Å². The SMILES string of the molecule is CC(=O)Nc1nnc(SCc2ccccc2C(=O)O)s1. The molecule has 0 atom stereocenters. The van der Waals surface area contributed by atoms with Gasteiger partial charge < -0.3 is 10.4 Å². The molecular formula is C12H11N3O3S2. The van der Waals surface area contributed by atoms with E-state index in [-0.39, 0.29) is 11.5 Å². The van der Waals surface area contributed by atoms with Crippen LogP contribution in [-0.2, 0) is 10.5 Å². The van der Waals surface area contributed by atoms with Gasteiger partial charge in [-0.05, 0) is 11.6 Å². The third-order valence-electron chi connectivity index (χ3n) is 2.29. The van der Waals surface area contributed by atoms with Crippen molar-refractivity contribution in [1.29, 1.82) is 0 Å². The highest BCUT2D eigenvalue weighted by atomic mass is 32.2. The van der Waals surface area contributed by atoms with Crippen molar-refractivity contribution in [2.45, 2.75) is 17.0 Å². The lowest BCUT2D eigenvalue weighted by Gasteiger charge is -2.03. The number of amides is 1. The van der Waals surface area contributed by atoms with Crippen LogP contribution in [0.4, 0.5) is 5.13 Å². The van der Waals surface area contributed by atoms with Gasteiger partial charge in [0.1, 0.15) is 0 Å². The summed E-state index contributed by atoms with van der Waals surface area (Å²) in [7, 11) is 0. The highest BCUT2D eigenvalue weighted by Gasteiger charge is 2.11. The Morgan fingerprint density at radius 2 is 2.10 bits per heavy atom. The van der Waals surface area contributed by atoms with E-state index in [1.54, 1.807) is 24.3 Å². The lowest BCUT2D eigenvalue weighted by Crippen LogP contribution is -2.04. The summed E-state index contributed by atoms with van der Waals surface area (Å²) in [5, 5.41) is 19.8. The van der Waals surface area contributed by atoms with Crippen molar-refractivity contribution in [1.82, 2.24) is 10.2 Å². The Morgan fingerprint density at radius 3 is 2.80 bits per heavy atom. The number of carboxylic acids is 1. The number of hydrogen-bond acceptors (Lipinski definition) is 6. The number of benzene rings is 1. The van der Waals surface area contributed by atoms with E-state index in [1.807, 2.05) is 0 Å². The van der Waals surface area contributed by atoms with E-state index in [9.17, 15) is 9.59 Å². The summed E-state index contributed by atoms with van der Waals surface area (Å²) in [5.74, 6) is -0.664. The predicted octanol–water partition coefficient (Wildman–Crippen LogP) is 2.49. The molecule has 0 saturated heterocycles. The molecule has 2 N–H and O–H groups in total. The molecule has 0 aliphatic heterocycles. The minimum absolute atomic E-state index is 0.200. The zero-order valence-electron chi connectivity index (χ0n) is 10.5. The summed E-state index contributed by atoms with van der Waals surface area (Å²) < 4.78 is 0.675. The fourth-order valence-electron chi connectivity index (χ4n) is 1.46. The summed E-state index contributed by atoms with van der Waals surface area (Å²) in [6.45, 7) is 1.40. The van der Waals surface area contributed by atoms with Gasteiger partial charge in [-0.3, -0.25) is 4.79 Å². The van der Waals surface area contributed by atoms with Crippen LogP contribution >= 0.6 is 23.1 Å². The van der Waals surface area contributed by atoms with E-state index < -0.39 is 5.97 Å². The monoisotopic (exact) mass is 309 g/mol. The summed E-state index contributed by atoms with van der Waals surface area (Å²) >= 11 is 2.64. The first-order valence-corrected chi connectivity index (χ1v) is 7.41. The minimum Gasteiger partial charge on any atom is -0.478 e. The molecule has 0 bridgehead atoms. The maximum absolute atomic E-state index is 11.1. The molecule has 0 aliphatic rings. The Morgan fingerprint density at radius 1 is 1.35 bits per heavy atom. The molecule has 6 nitrogen and oxygen atoms in total. The normalized spacial score (nSPS) is 10.2. The average Bonchev–Trinajstić information content (AvgIpc) is 2.83. The zero-order chi connectivity index (χ0) is 14.5. The Hall–Kier alpha value is -1.93. The van der Waals surface area contributed by atoms with Gasteiger partial charge in [-0.15, -0.1) is 10.2 Å². The number of carboxylic acid groups (broad SMARTS) is 1. The van der Waals surface area contributed by atoms with Crippen molar-refractivity contribution in [3.63, 3.8) is 0 Å². The number of nitrogens with one attached hydrogen (secondary N) is 1. The van der Waals surface area contributed by atoms with Crippen molar-refractivity contribution < 1.29 is 14.7 Å². The molecule has 104 valence electrons. The third kappa shape index (κ3) is 3.78. The van der Waals surface area contributed by atoms with Gasteiger partial charge in [0.2, 0.25) is 11.0 Å². The van der Waals surface area contributed by atoms with Crippen LogP contribution in [0.5, 0.6) is 0 Å². The number of hydrogen-bond donors (Lipinski definition) is 2. The fraction of sp³-hybridized carbons (Fsp3) is 0.167. The quantitative estimate of drug-likeness (QED) is 0.651. The van der Waals surface area contributed by atoms with Crippen LogP contribution in [0.15, 0.2) is 28.6 Å². The number of thioether (sulfide) groups is 1. The van der Waals surface area contributed by atoms with E-state index >= 15 is 0 Å². The molecule has 1 heterocycles. The van der Waals surface area contributed by atoms with Gasteiger partial charge in [-0.1, -0.05) is 41.3 Å².